The van der Waals surface area contributed by atoms with Gasteiger partial charge in [0.15, 0.2) is 0 Å². The highest BCUT2D eigenvalue weighted by molar-refractivity contribution is 5.47. The SMILES string of the molecule is CNc1cccc(OC2CC2)c1. The van der Waals surface area contributed by atoms with Gasteiger partial charge in [0.1, 0.15) is 5.75 Å². The second-order valence-electron chi connectivity index (χ2n) is 3.10. The highest BCUT2D eigenvalue weighted by Crippen LogP contribution is 2.27. The number of ether oxygens (including phenoxy) is 1. The minimum atomic E-state index is 0.483. The van der Waals surface area contributed by atoms with E-state index in [0.29, 0.717) is 6.10 Å². The van der Waals surface area contributed by atoms with E-state index < -0.39 is 0 Å². The molecule has 2 heteroatoms. The van der Waals surface area contributed by atoms with Gasteiger partial charge in [-0.25, -0.2) is 0 Å². The zero-order chi connectivity index (χ0) is 8.39. The molecule has 0 saturated heterocycles. The van der Waals surface area contributed by atoms with Crippen molar-refractivity contribution in [3.8, 4) is 5.75 Å². The Kier molecular flexibility index (Phi) is 1.90. The van der Waals surface area contributed by atoms with Crippen LogP contribution in [0.5, 0.6) is 5.75 Å². The van der Waals surface area contributed by atoms with Crippen molar-refractivity contribution < 1.29 is 4.74 Å². The summed E-state index contributed by atoms with van der Waals surface area (Å²) in [5.74, 6) is 0.976. The van der Waals surface area contributed by atoms with Crippen LogP contribution in [0.2, 0.25) is 0 Å². The molecule has 2 rings (SSSR count). The first kappa shape index (κ1) is 7.47. The Morgan fingerprint density at radius 3 is 2.92 bits per heavy atom. The van der Waals surface area contributed by atoms with Crippen LogP contribution in [-0.4, -0.2) is 13.2 Å². The summed E-state index contributed by atoms with van der Waals surface area (Å²) in [6.45, 7) is 0. The third-order valence-corrected chi connectivity index (χ3v) is 1.95. The van der Waals surface area contributed by atoms with Crippen LogP contribution in [0.4, 0.5) is 5.69 Å². The monoisotopic (exact) mass is 163 g/mol. The third-order valence-electron chi connectivity index (χ3n) is 1.95. The van der Waals surface area contributed by atoms with Crippen LogP contribution in [-0.2, 0) is 0 Å². The maximum atomic E-state index is 5.63. The highest BCUT2D eigenvalue weighted by Gasteiger charge is 2.23. The van der Waals surface area contributed by atoms with E-state index in [1.807, 2.05) is 31.3 Å². The van der Waals surface area contributed by atoms with Gasteiger partial charge in [0.05, 0.1) is 6.10 Å². The Morgan fingerprint density at radius 1 is 1.42 bits per heavy atom. The zero-order valence-electron chi connectivity index (χ0n) is 7.21. The van der Waals surface area contributed by atoms with E-state index in [1.54, 1.807) is 0 Å². The summed E-state index contributed by atoms with van der Waals surface area (Å²) in [5, 5.41) is 3.08. The molecule has 1 aromatic carbocycles. The third kappa shape index (κ3) is 1.70. The first-order valence-electron chi connectivity index (χ1n) is 4.33. The summed E-state index contributed by atoms with van der Waals surface area (Å²) in [4.78, 5) is 0. The maximum absolute atomic E-state index is 5.63. The predicted octanol–water partition coefficient (Wildman–Crippen LogP) is 2.27. The van der Waals surface area contributed by atoms with E-state index >= 15 is 0 Å². The largest absolute Gasteiger partial charge is 0.490 e. The first-order valence-corrected chi connectivity index (χ1v) is 4.33. The zero-order valence-corrected chi connectivity index (χ0v) is 7.21. The van der Waals surface area contributed by atoms with Gasteiger partial charge in [0, 0.05) is 18.8 Å². The van der Waals surface area contributed by atoms with Crippen LogP contribution in [0.25, 0.3) is 0 Å². The van der Waals surface area contributed by atoms with Crippen molar-refractivity contribution in [2.45, 2.75) is 18.9 Å². The molecule has 0 atom stereocenters. The molecule has 2 nitrogen and oxygen atoms in total. The molecule has 0 amide bonds. The summed E-state index contributed by atoms with van der Waals surface area (Å²) < 4.78 is 5.63. The standard InChI is InChI=1S/C10H13NO/c1-11-8-3-2-4-10(7-8)12-9-5-6-9/h2-4,7,9,11H,5-6H2,1H3. The van der Waals surface area contributed by atoms with Crippen LogP contribution >= 0.6 is 0 Å². The van der Waals surface area contributed by atoms with Crippen LogP contribution in [0, 0.1) is 0 Å². The summed E-state index contributed by atoms with van der Waals surface area (Å²) in [5.41, 5.74) is 1.10. The molecule has 1 aromatic rings. The van der Waals surface area contributed by atoms with Gasteiger partial charge in [-0.15, -0.1) is 0 Å². The minimum absolute atomic E-state index is 0.483. The van der Waals surface area contributed by atoms with Gasteiger partial charge in [0.25, 0.3) is 0 Å². The quantitative estimate of drug-likeness (QED) is 0.738. The second kappa shape index (κ2) is 3.05. The fourth-order valence-electron chi connectivity index (χ4n) is 1.10. The fraction of sp³-hybridized carbons (Fsp3) is 0.400. The number of hydrogen-bond acceptors (Lipinski definition) is 2. The van der Waals surface area contributed by atoms with Crippen molar-refractivity contribution in [1.82, 2.24) is 0 Å². The van der Waals surface area contributed by atoms with E-state index in [1.165, 1.54) is 12.8 Å². The molecule has 1 fully saturated rings. The van der Waals surface area contributed by atoms with Crippen LogP contribution < -0.4 is 10.1 Å². The Morgan fingerprint density at radius 2 is 2.25 bits per heavy atom. The number of benzene rings is 1. The molecule has 0 bridgehead atoms. The van der Waals surface area contributed by atoms with E-state index in [2.05, 4.69) is 5.32 Å². The second-order valence-corrected chi connectivity index (χ2v) is 3.10. The normalized spacial score (nSPS) is 15.8. The number of rotatable bonds is 3. The molecule has 0 spiro atoms. The molecule has 1 aliphatic rings. The van der Waals surface area contributed by atoms with Gasteiger partial charge >= 0.3 is 0 Å². The molecular formula is C10H13NO. The van der Waals surface area contributed by atoms with Gasteiger partial charge in [0.2, 0.25) is 0 Å². The van der Waals surface area contributed by atoms with E-state index in [4.69, 9.17) is 4.74 Å². The maximum Gasteiger partial charge on any atom is 0.121 e. The number of nitrogens with one attached hydrogen (secondary N) is 1. The molecule has 0 aromatic heterocycles. The molecule has 0 aliphatic heterocycles. The van der Waals surface area contributed by atoms with Crippen molar-refractivity contribution in [3.63, 3.8) is 0 Å². The van der Waals surface area contributed by atoms with Gasteiger partial charge in [-0.2, -0.15) is 0 Å². The lowest BCUT2D eigenvalue weighted by Gasteiger charge is -2.05. The van der Waals surface area contributed by atoms with Crippen molar-refractivity contribution in [1.29, 1.82) is 0 Å². The Labute approximate surface area is 72.5 Å². The molecule has 1 N–H and O–H groups in total. The summed E-state index contributed by atoms with van der Waals surface area (Å²) in [6.07, 6.45) is 2.91. The summed E-state index contributed by atoms with van der Waals surface area (Å²) in [6, 6.07) is 8.06. The van der Waals surface area contributed by atoms with Gasteiger partial charge in [-0.1, -0.05) is 6.07 Å². The topological polar surface area (TPSA) is 21.3 Å². The van der Waals surface area contributed by atoms with E-state index in [0.717, 1.165) is 11.4 Å². The molecule has 64 valence electrons. The lowest BCUT2D eigenvalue weighted by atomic mass is 10.3. The van der Waals surface area contributed by atoms with Crippen molar-refractivity contribution >= 4 is 5.69 Å². The van der Waals surface area contributed by atoms with E-state index in [-0.39, 0.29) is 0 Å². The summed E-state index contributed by atoms with van der Waals surface area (Å²) >= 11 is 0. The average Bonchev–Trinajstić information content (AvgIpc) is 2.89. The van der Waals surface area contributed by atoms with Gasteiger partial charge < -0.3 is 10.1 Å². The Bertz CT molecular complexity index is 268. The molecule has 0 heterocycles. The van der Waals surface area contributed by atoms with Crippen molar-refractivity contribution in [2.24, 2.45) is 0 Å². The number of hydrogen-bond donors (Lipinski definition) is 1. The Balaban J connectivity index is 2.08. The molecule has 1 saturated carbocycles. The average molecular weight is 163 g/mol. The fourth-order valence-corrected chi connectivity index (χ4v) is 1.10. The summed E-state index contributed by atoms with van der Waals surface area (Å²) in [7, 11) is 1.91. The molecule has 1 aliphatic carbocycles. The lowest BCUT2D eigenvalue weighted by Crippen LogP contribution is -1.96. The minimum Gasteiger partial charge on any atom is -0.490 e. The van der Waals surface area contributed by atoms with Gasteiger partial charge in [-0.05, 0) is 25.0 Å². The Hall–Kier alpha value is -1.18. The molecular weight excluding hydrogens is 150 g/mol. The van der Waals surface area contributed by atoms with Crippen molar-refractivity contribution in [2.75, 3.05) is 12.4 Å². The molecule has 0 unspecified atom stereocenters. The highest BCUT2D eigenvalue weighted by atomic mass is 16.5. The lowest BCUT2D eigenvalue weighted by molar-refractivity contribution is 0.303. The van der Waals surface area contributed by atoms with E-state index in [9.17, 15) is 0 Å². The van der Waals surface area contributed by atoms with Crippen LogP contribution in [0.3, 0.4) is 0 Å². The predicted molar refractivity (Wildman–Crippen MR) is 49.6 cm³/mol. The molecule has 12 heavy (non-hydrogen) atoms. The number of anilines is 1. The van der Waals surface area contributed by atoms with Crippen LogP contribution in [0.15, 0.2) is 24.3 Å². The van der Waals surface area contributed by atoms with Crippen LogP contribution in [0.1, 0.15) is 12.8 Å². The smallest absolute Gasteiger partial charge is 0.121 e. The van der Waals surface area contributed by atoms with Gasteiger partial charge in [-0.3, -0.25) is 0 Å². The van der Waals surface area contributed by atoms with Crippen molar-refractivity contribution in [3.05, 3.63) is 24.3 Å². The first-order chi connectivity index (χ1) is 5.88. The molecule has 0 radical (unpaired) electrons.